The van der Waals surface area contributed by atoms with E-state index in [9.17, 15) is 5.11 Å². The van der Waals surface area contributed by atoms with Crippen molar-refractivity contribution < 1.29 is 9.50 Å². The van der Waals surface area contributed by atoms with Crippen molar-refractivity contribution in [1.29, 1.82) is 0 Å². The van der Waals surface area contributed by atoms with Gasteiger partial charge in [0.15, 0.2) is 0 Å². The Hall–Kier alpha value is -2.76. The first-order valence-corrected chi connectivity index (χ1v) is 9.31. The standard InChI is InChI=1S/C22H19ClFN3O/c23-22(24)13-5-4-8-20(22)21(28,14-27-16-25-15-26-27)19-11-9-18(10-12-19)17-6-2-1-3-7-17/h1-13,15-16,20,28H,14H2. The Kier molecular flexibility index (Phi) is 4.87. The van der Waals surface area contributed by atoms with E-state index < -0.39 is 16.6 Å². The van der Waals surface area contributed by atoms with Crippen LogP contribution in [0.3, 0.4) is 0 Å². The highest BCUT2D eigenvalue weighted by atomic mass is 35.5. The fourth-order valence-corrected chi connectivity index (χ4v) is 3.91. The molecule has 142 valence electrons. The second-order valence-electron chi connectivity index (χ2n) is 6.86. The molecule has 0 saturated carbocycles. The van der Waals surface area contributed by atoms with Gasteiger partial charge in [-0.2, -0.15) is 5.10 Å². The van der Waals surface area contributed by atoms with Crippen LogP contribution in [0, 0.1) is 5.92 Å². The Balaban J connectivity index is 1.75. The number of aromatic nitrogens is 3. The van der Waals surface area contributed by atoms with Gasteiger partial charge >= 0.3 is 0 Å². The molecule has 0 radical (unpaired) electrons. The molecule has 0 aliphatic heterocycles. The number of nitrogens with zero attached hydrogens (tertiary/aromatic N) is 3. The molecule has 0 bridgehead atoms. The van der Waals surface area contributed by atoms with Gasteiger partial charge in [0.25, 0.3) is 0 Å². The quantitative estimate of drug-likeness (QED) is 0.648. The maximum atomic E-state index is 15.1. The first-order valence-electron chi connectivity index (χ1n) is 8.94. The lowest BCUT2D eigenvalue weighted by atomic mass is 9.76. The molecule has 28 heavy (non-hydrogen) atoms. The molecular formula is C22H19ClFN3O. The predicted octanol–water partition coefficient (Wildman–Crippen LogP) is 4.48. The normalized spacial score (nSPS) is 23.5. The maximum absolute atomic E-state index is 15.1. The zero-order valence-electron chi connectivity index (χ0n) is 15.0. The first-order chi connectivity index (χ1) is 13.5. The Labute approximate surface area is 167 Å². The summed E-state index contributed by atoms with van der Waals surface area (Å²) in [5, 5.41) is 13.5. The van der Waals surface area contributed by atoms with Crippen LogP contribution in [-0.2, 0) is 12.1 Å². The van der Waals surface area contributed by atoms with Crippen molar-refractivity contribution in [1.82, 2.24) is 14.8 Å². The van der Waals surface area contributed by atoms with Crippen molar-refractivity contribution in [2.75, 3.05) is 0 Å². The summed E-state index contributed by atoms with van der Waals surface area (Å²) in [6, 6.07) is 17.3. The molecule has 0 amide bonds. The third kappa shape index (κ3) is 3.51. The Morgan fingerprint density at radius 2 is 1.79 bits per heavy atom. The molecule has 2 aromatic carbocycles. The smallest absolute Gasteiger partial charge is 0.211 e. The van der Waals surface area contributed by atoms with E-state index in [0.717, 1.165) is 11.1 Å². The summed E-state index contributed by atoms with van der Waals surface area (Å²) >= 11 is 6.13. The van der Waals surface area contributed by atoms with Gasteiger partial charge in [-0.1, -0.05) is 84.4 Å². The molecule has 1 aliphatic carbocycles. The lowest BCUT2D eigenvalue weighted by Gasteiger charge is -2.40. The third-order valence-electron chi connectivity index (χ3n) is 5.02. The summed E-state index contributed by atoms with van der Waals surface area (Å²) in [6.45, 7) is 0.0128. The van der Waals surface area contributed by atoms with Crippen LogP contribution in [0.15, 0.2) is 91.6 Å². The van der Waals surface area contributed by atoms with E-state index in [0.29, 0.717) is 5.56 Å². The molecule has 0 spiro atoms. The Bertz CT molecular complexity index is 984. The second kappa shape index (κ2) is 7.34. The largest absolute Gasteiger partial charge is 0.382 e. The summed E-state index contributed by atoms with van der Waals surface area (Å²) in [5.74, 6) is -1.00. The van der Waals surface area contributed by atoms with E-state index in [2.05, 4.69) is 10.1 Å². The molecule has 0 saturated heterocycles. The molecule has 6 heteroatoms. The van der Waals surface area contributed by atoms with E-state index in [4.69, 9.17) is 11.6 Å². The molecule has 3 unspecified atom stereocenters. The van der Waals surface area contributed by atoms with Crippen LogP contribution in [0.1, 0.15) is 5.56 Å². The lowest BCUT2D eigenvalue weighted by molar-refractivity contribution is -0.0528. The van der Waals surface area contributed by atoms with Crippen LogP contribution >= 0.6 is 11.6 Å². The van der Waals surface area contributed by atoms with Crippen molar-refractivity contribution >= 4 is 11.6 Å². The number of halogens is 2. The summed E-state index contributed by atoms with van der Waals surface area (Å²) < 4.78 is 16.6. The van der Waals surface area contributed by atoms with Crippen molar-refractivity contribution in [2.24, 2.45) is 5.92 Å². The highest BCUT2D eigenvalue weighted by molar-refractivity contribution is 6.24. The van der Waals surface area contributed by atoms with E-state index in [1.54, 1.807) is 24.3 Å². The molecule has 1 N–H and O–H groups in total. The highest BCUT2D eigenvalue weighted by Gasteiger charge is 2.50. The SMILES string of the molecule is OC(Cn1cncn1)(c1ccc(-c2ccccc2)cc1)C1C=CC=CC1(F)Cl. The highest BCUT2D eigenvalue weighted by Crippen LogP contribution is 2.45. The van der Waals surface area contributed by atoms with Crippen LogP contribution in [0.2, 0.25) is 0 Å². The number of aliphatic hydroxyl groups is 1. The fraction of sp³-hybridized carbons (Fsp3) is 0.182. The monoisotopic (exact) mass is 395 g/mol. The number of alkyl halides is 2. The summed E-state index contributed by atoms with van der Waals surface area (Å²) in [7, 11) is 0. The van der Waals surface area contributed by atoms with E-state index in [1.807, 2.05) is 42.5 Å². The van der Waals surface area contributed by atoms with Crippen molar-refractivity contribution in [2.45, 2.75) is 17.3 Å². The van der Waals surface area contributed by atoms with Gasteiger partial charge in [0, 0.05) is 0 Å². The molecule has 3 atom stereocenters. The lowest BCUT2D eigenvalue weighted by Crippen LogP contribution is -2.47. The number of hydrogen-bond acceptors (Lipinski definition) is 3. The minimum absolute atomic E-state index is 0.0128. The summed E-state index contributed by atoms with van der Waals surface area (Å²) in [4.78, 5) is 3.92. The van der Waals surface area contributed by atoms with Gasteiger partial charge in [-0.05, 0) is 22.8 Å². The van der Waals surface area contributed by atoms with Gasteiger partial charge in [0.1, 0.15) is 18.3 Å². The zero-order valence-corrected chi connectivity index (χ0v) is 15.7. The summed E-state index contributed by atoms with van der Waals surface area (Å²) in [5.41, 5.74) is 0.992. The fourth-order valence-electron chi connectivity index (χ4n) is 3.58. The molecule has 0 fully saturated rings. The average Bonchev–Trinajstić information content (AvgIpc) is 3.21. The van der Waals surface area contributed by atoms with Crippen molar-refractivity contribution in [3.8, 4) is 11.1 Å². The number of benzene rings is 2. The zero-order chi connectivity index (χ0) is 19.6. The van der Waals surface area contributed by atoms with Gasteiger partial charge < -0.3 is 5.11 Å². The number of hydrogen-bond donors (Lipinski definition) is 1. The predicted molar refractivity (Wildman–Crippen MR) is 107 cm³/mol. The van der Waals surface area contributed by atoms with Gasteiger partial charge in [-0.15, -0.1) is 0 Å². The van der Waals surface area contributed by atoms with Crippen LogP contribution in [-0.4, -0.2) is 25.0 Å². The molecule has 1 aliphatic rings. The van der Waals surface area contributed by atoms with Gasteiger partial charge in [0.05, 0.1) is 12.5 Å². The molecule has 1 heterocycles. The minimum Gasteiger partial charge on any atom is -0.382 e. The van der Waals surface area contributed by atoms with Gasteiger partial charge in [0.2, 0.25) is 5.13 Å². The molecule has 3 aromatic rings. The van der Waals surface area contributed by atoms with Crippen LogP contribution in [0.25, 0.3) is 11.1 Å². The van der Waals surface area contributed by atoms with Gasteiger partial charge in [-0.25, -0.2) is 14.1 Å². The number of rotatable bonds is 5. The van der Waals surface area contributed by atoms with Gasteiger partial charge in [-0.3, -0.25) is 0 Å². The number of allylic oxidation sites excluding steroid dienone is 3. The molecule has 4 rings (SSSR count). The van der Waals surface area contributed by atoms with Crippen molar-refractivity contribution in [3.63, 3.8) is 0 Å². The average molecular weight is 396 g/mol. The van der Waals surface area contributed by atoms with Crippen LogP contribution < -0.4 is 0 Å². The topological polar surface area (TPSA) is 50.9 Å². The Morgan fingerprint density at radius 1 is 1.07 bits per heavy atom. The third-order valence-corrected chi connectivity index (χ3v) is 5.38. The van der Waals surface area contributed by atoms with E-state index in [-0.39, 0.29) is 6.54 Å². The first kappa shape index (κ1) is 18.6. The van der Waals surface area contributed by atoms with Crippen molar-refractivity contribution in [3.05, 3.63) is 97.1 Å². The maximum Gasteiger partial charge on any atom is 0.211 e. The van der Waals surface area contributed by atoms with E-state index in [1.165, 1.54) is 29.5 Å². The molecule has 1 aromatic heterocycles. The minimum atomic E-state index is -2.22. The van der Waals surface area contributed by atoms with Crippen LogP contribution in [0.4, 0.5) is 4.39 Å². The van der Waals surface area contributed by atoms with Crippen LogP contribution in [0.5, 0.6) is 0 Å². The summed E-state index contributed by atoms with van der Waals surface area (Å²) in [6.07, 6.45) is 8.94. The van der Waals surface area contributed by atoms with E-state index >= 15 is 4.39 Å². The Morgan fingerprint density at radius 3 is 2.43 bits per heavy atom. The molecule has 4 nitrogen and oxygen atoms in total. The second-order valence-corrected chi connectivity index (χ2v) is 7.44. The molecular weight excluding hydrogens is 377 g/mol.